The van der Waals surface area contributed by atoms with Gasteiger partial charge in [0.15, 0.2) is 0 Å². The largest absolute Gasteiger partial charge is 0.506 e. The second-order valence-corrected chi connectivity index (χ2v) is 13.4. The van der Waals surface area contributed by atoms with Gasteiger partial charge in [0.1, 0.15) is 17.3 Å². The maximum Gasteiger partial charge on any atom is 0.206 e. The summed E-state index contributed by atoms with van der Waals surface area (Å²) in [6.45, 7) is 9.58. The van der Waals surface area contributed by atoms with E-state index in [1.54, 1.807) is 0 Å². The van der Waals surface area contributed by atoms with Crippen molar-refractivity contribution in [2.45, 2.75) is 105 Å². The Hall–Kier alpha value is -5.33. The zero-order chi connectivity index (χ0) is 37.4. The average Bonchev–Trinajstić information content (AvgIpc) is 3.73. The number of aromatic nitrogens is 2. The highest BCUT2D eigenvalue weighted by atomic mass is 16.5. The highest BCUT2D eigenvalue weighted by Crippen LogP contribution is 2.27. The molecule has 53 heavy (non-hydrogen) atoms. The van der Waals surface area contributed by atoms with Crippen molar-refractivity contribution in [1.82, 2.24) is 9.97 Å². The highest BCUT2D eigenvalue weighted by molar-refractivity contribution is 6.08. The van der Waals surface area contributed by atoms with Crippen LogP contribution in [0.25, 0.3) is 5.76 Å². The van der Waals surface area contributed by atoms with E-state index in [0.29, 0.717) is 37.4 Å². The molecule has 8 bridgehead atoms. The molecule has 2 aromatic heterocycles. The van der Waals surface area contributed by atoms with Crippen LogP contribution in [-0.4, -0.2) is 34.1 Å². The molecule has 4 aromatic rings. The lowest BCUT2D eigenvalue weighted by molar-refractivity contribution is 0.104. The second-order valence-electron chi connectivity index (χ2n) is 13.4. The number of aromatic amines is 2. The number of fused-ring (bicyclic) bond motifs is 8. The average molecular weight is 711 g/mol. The summed E-state index contributed by atoms with van der Waals surface area (Å²) < 4.78 is 12.1. The highest BCUT2D eigenvalue weighted by Gasteiger charge is 2.21. The van der Waals surface area contributed by atoms with Gasteiger partial charge in [0.2, 0.25) is 5.78 Å². The van der Waals surface area contributed by atoms with Crippen molar-refractivity contribution >= 4 is 11.5 Å². The summed E-state index contributed by atoms with van der Waals surface area (Å²) in [7, 11) is 0. The first-order chi connectivity index (χ1) is 25.9. The third kappa shape index (κ3) is 10.6. The maximum absolute atomic E-state index is 13.8. The molecule has 5 rings (SSSR count). The van der Waals surface area contributed by atoms with Crippen molar-refractivity contribution in [3.63, 3.8) is 0 Å². The topological polar surface area (TPSA) is 87.3 Å². The minimum absolute atomic E-state index is 0.109. The number of ketones is 1. The SMILES string of the molecule is CCc1c2[nH]c(c1CC)C(=O)C=C(O)c1[nH]c(c(CC)c1CC)C#Cc1cccc(c1)OCCCCCC=CCCCCCOc1cccc(c1)C#C2. The molecule has 3 N–H and O–H groups in total. The van der Waals surface area contributed by atoms with Gasteiger partial charge >= 0.3 is 0 Å². The first kappa shape index (κ1) is 38.9. The van der Waals surface area contributed by atoms with Crippen LogP contribution in [0.1, 0.15) is 140 Å². The minimum Gasteiger partial charge on any atom is -0.506 e. The van der Waals surface area contributed by atoms with E-state index in [4.69, 9.17) is 9.47 Å². The number of benzene rings is 2. The molecule has 6 heteroatoms. The number of hydrogen-bond acceptors (Lipinski definition) is 4. The lowest BCUT2D eigenvalue weighted by Crippen LogP contribution is -2.02. The Bertz CT molecular complexity index is 2040. The monoisotopic (exact) mass is 710 g/mol. The predicted molar refractivity (Wildman–Crippen MR) is 216 cm³/mol. The van der Waals surface area contributed by atoms with Gasteiger partial charge in [0.25, 0.3) is 0 Å². The molecule has 0 saturated heterocycles. The summed E-state index contributed by atoms with van der Waals surface area (Å²) in [5.41, 5.74) is 8.07. The smallest absolute Gasteiger partial charge is 0.206 e. The quantitative estimate of drug-likeness (QED) is 0.145. The number of aliphatic hydroxyl groups excluding tert-OH is 1. The number of H-pyrrole nitrogens is 2. The van der Waals surface area contributed by atoms with Gasteiger partial charge in [-0.2, -0.15) is 0 Å². The van der Waals surface area contributed by atoms with Gasteiger partial charge in [0.05, 0.1) is 36.0 Å². The Morgan fingerprint density at radius 2 is 1.08 bits per heavy atom. The van der Waals surface area contributed by atoms with Crippen LogP contribution >= 0.6 is 0 Å². The van der Waals surface area contributed by atoms with Crippen molar-refractivity contribution in [3.8, 4) is 35.2 Å². The number of carbonyl (C=O) groups excluding carboxylic acids is 1. The molecule has 0 radical (unpaired) electrons. The number of ether oxygens (including phenoxy) is 2. The van der Waals surface area contributed by atoms with Crippen molar-refractivity contribution in [2.24, 2.45) is 0 Å². The number of nitrogens with one attached hydrogen (secondary N) is 2. The number of carbonyl (C=O) groups is 1. The molecular formula is C47H54N2O4. The molecule has 0 amide bonds. The van der Waals surface area contributed by atoms with E-state index < -0.39 is 0 Å². The normalized spacial score (nSPS) is 14.8. The molecule has 0 saturated carbocycles. The molecule has 6 nitrogen and oxygen atoms in total. The van der Waals surface area contributed by atoms with Crippen LogP contribution in [0.5, 0.6) is 11.5 Å². The van der Waals surface area contributed by atoms with E-state index in [1.165, 1.54) is 6.08 Å². The fraction of sp³-hybridized carbons (Fsp3) is 0.383. The van der Waals surface area contributed by atoms with Crippen LogP contribution in [0.3, 0.4) is 0 Å². The first-order valence-corrected chi connectivity index (χ1v) is 19.5. The van der Waals surface area contributed by atoms with E-state index in [-0.39, 0.29) is 11.5 Å². The molecule has 3 heterocycles. The number of allylic oxidation sites excluding steroid dienone is 3. The second kappa shape index (κ2) is 20.1. The van der Waals surface area contributed by atoms with Crippen LogP contribution in [0, 0.1) is 23.7 Å². The Morgan fingerprint density at radius 1 is 0.604 bits per heavy atom. The standard InChI is InChI=1S/C47H54N2O4/c1-5-38-40(7-3)46-44(50)33-45(51)47-41(8-4)39(6-2)43(49-47)28-26-35-22-20-24-37(32-35)53-30-18-16-14-12-10-9-11-13-15-17-29-52-36-23-19-21-34(31-36)25-27-42(38)48-46/h9-10,19-24,31-33,48-50H,5-8,11-18,29-30H2,1-4H3. The van der Waals surface area contributed by atoms with E-state index in [2.05, 4.69) is 59.6 Å². The molecule has 0 unspecified atom stereocenters. The predicted octanol–water partition coefficient (Wildman–Crippen LogP) is 10.6. The molecule has 276 valence electrons. The summed E-state index contributed by atoms with van der Waals surface area (Å²) >= 11 is 0. The molecule has 1 aliphatic rings. The summed E-state index contributed by atoms with van der Waals surface area (Å²) in [6.07, 6.45) is 17.5. The molecule has 2 aromatic carbocycles. The van der Waals surface area contributed by atoms with E-state index in [9.17, 15) is 9.90 Å². The number of hydrogen-bond donors (Lipinski definition) is 3. The molecule has 0 fully saturated rings. The van der Waals surface area contributed by atoms with Crippen molar-refractivity contribution in [2.75, 3.05) is 13.2 Å². The van der Waals surface area contributed by atoms with Gasteiger partial charge in [-0.25, -0.2) is 0 Å². The molecule has 1 aliphatic heterocycles. The summed E-state index contributed by atoms with van der Waals surface area (Å²) in [5, 5.41) is 11.4. The van der Waals surface area contributed by atoms with Crippen molar-refractivity contribution < 1.29 is 19.4 Å². The zero-order valence-corrected chi connectivity index (χ0v) is 31.9. The lowest BCUT2D eigenvalue weighted by Gasteiger charge is -2.06. The van der Waals surface area contributed by atoms with Crippen molar-refractivity contribution in [3.05, 3.63) is 123 Å². The van der Waals surface area contributed by atoms with Crippen LogP contribution in [0.2, 0.25) is 0 Å². The van der Waals surface area contributed by atoms with Crippen LogP contribution < -0.4 is 9.47 Å². The summed E-state index contributed by atoms with van der Waals surface area (Å²) in [5.74, 6) is 14.4. The van der Waals surface area contributed by atoms with Gasteiger partial charge in [0, 0.05) is 17.2 Å². The third-order valence-electron chi connectivity index (χ3n) is 9.69. The van der Waals surface area contributed by atoms with E-state index >= 15 is 0 Å². The molecule has 0 aliphatic carbocycles. The van der Waals surface area contributed by atoms with Crippen LogP contribution in [0.4, 0.5) is 0 Å². The van der Waals surface area contributed by atoms with Gasteiger partial charge in [-0.3, -0.25) is 4.79 Å². The Balaban J connectivity index is 1.46. The Kier molecular flexibility index (Phi) is 14.7. The summed E-state index contributed by atoms with van der Waals surface area (Å²) in [6, 6.07) is 15.7. The van der Waals surface area contributed by atoms with Crippen LogP contribution in [0.15, 0.2) is 66.8 Å². The molecule has 0 spiro atoms. The van der Waals surface area contributed by atoms with Crippen molar-refractivity contribution in [1.29, 1.82) is 0 Å². The Labute approximate surface area is 316 Å². The summed E-state index contributed by atoms with van der Waals surface area (Å²) in [4.78, 5) is 20.5. The van der Waals surface area contributed by atoms with Gasteiger partial charge in [-0.05, 0) is 148 Å². The Morgan fingerprint density at radius 3 is 1.57 bits per heavy atom. The van der Waals surface area contributed by atoms with Gasteiger partial charge in [-0.15, -0.1) is 0 Å². The minimum atomic E-state index is -0.297. The number of aliphatic hydroxyl groups is 1. The van der Waals surface area contributed by atoms with Gasteiger partial charge < -0.3 is 24.5 Å². The fourth-order valence-electron chi connectivity index (χ4n) is 6.92. The maximum atomic E-state index is 13.8. The van der Waals surface area contributed by atoms with E-state index in [0.717, 1.165) is 120 Å². The number of rotatable bonds is 4. The van der Waals surface area contributed by atoms with Gasteiger partial charge in [-0.1, -0.05) is 63.8 Å². The fourth-order valence-corrected chi connectivity index (χ4v) is 6.92. The van der Waals surface area contributed by atoms with E-state index in [1.807, 2.05) is 62.4 Å². The van der Waals surface area contributed by atoms with Crippen LogP contribution in [-0.2, 0) is 25.7 Å². The zero-order valence-electron chi connectivity index (χ0n) is 31.9. The third-order valence-corrected chi connectivity index (χ3v) is 9.69. The molecule has 0 atom stereocenters. The first-order valence-electron chi connectivity index (χ1n) is 19.5. The molecular weight excluding hydrogens is 657 g/mol. The lowest BCUT2D eigenvalue weighted by atomic mass is 10.0.